The van der Waals surface area contributed by atoms with Crippen molar-refractivity contribution in [2.45, 2.75) is 20.0 Å². The molecule has 0 saturated heterocycles. The first kappa shape index (κ1) is 15.7. The van der Waals surface area contributed by atoms with Crippen molar-refractivity contribution in [3.63, 3.8) is 0 Å². The normalized spacial score (nSPS) is 9.91. The Balaban J connectivity index is 2.17. The average Bonchev–Trinajstić information content (AvgIpc) is 2.64. The van der Waals surface area contributed by atoms with Gasteiger partial charge in [-0.05, 0) is 24.6 Å². The van der Waals surface area contributed by atoms with E-state index in [4.69, 9.17) is 5.73 Å². The second kappa shape index (κ2) is 7.95. The lowest BCUT2D eigenvalue weighted by Crippen LogP contribution is -2.22. The number of aromatic nitrogens is 2. The molecule has 2 aromatic rings. The van der Waals surface area contributed by atoms with Gasteiger partial charge in [-0.1, -0.05) is 30.3 Å². The van der Waals surface area contributed by atoms with Crippen molar-refractivity contribution in [1.82, 2.24) is 15.3 Å². The molecule has 1 aromatic carbocycles. The van der Waals surface area contributed by atoms with Crippen LogP contribution in [0.15, 0.2) is 54.9 Å². The van der Waals surface area contributed by atoms with Gasteiger partial charge in [0.15, 0.2) is 0 Å². The van der Waals surface area contributed by atoms with Crippen molar-refractivity contribution in [1.29, 1.82) is 0 Å². The molecule has 0 fully saturated rings. The number of aryl methyl sites for hydroxylation is 1. The summed E-state index contributed by atoms with van der Waals surface area (Å²) in [6.45, 7) is 2.69. The monoisotopic (exact) mass is 296 g/mol. The SMILES string of the molecule is Cc1ccc(C(=O)NCc2ccccc2)c[nH]cc(CN)n1. The summed E-state index contributed by atoms with van der Waals surface area (Å²) in [7, 11) is 0. The summed E-state index contributed by atoms with van der Waals surface area (Å²) in [6, 6.07) is 13.3. The van der Waals surface area contributed by atoms with Gasteiger partial charge in [0.1, 0.15) is 0 Å². The third-order valence-electron chi connectivity index (χ3n) is 3.08. The standard InChI is InChI=1S/C17H20N4O/c1-13-7-8-15(11-19-12-16(9-18)21-13)17(22)20-10-14-5-3-2-4-6-14/h2-8,11-12,19H,9-10,18H2,1H3,(H,20,22). The van der Waals surface area contributed by atoms with E-state index in [9.17, 15) is 4.79 Å². The summed E-state index contributed by atoms with van der Waals surface area (Å²) in [5.41, 5.74) is 8.71. The number of carbonyl (C=O) groups excluding carboxylic acids is 1. The van der Waals surface area contributed by atoms with Crippen molar-refractivity contribution in [3.05, 3.63) is 77.4 Å². The highest BCUT2D eigenvalue weighted by atomic mass is 16.1. The fraction of sp³-hybridized carbons (Fsp3) is 0.176. The van der Waals surface area contributed by atoms with Gasteiger partial charge < -0.3 is 16.0 Å². The van der Waals surface area contributed by atoms with Gasteiger partial charge in [-0.3, -0.25) is 9.78 Å². The molecule has 0 atom stereocenters. The van der Waals surface area contributed by atoms with Gasteiger partial charge in [-0.2, -0.15) is 0 Å². The van der Waals surface area contributed by atoms with Gasteiger partial charge in [0.25, 0.3) is 5.91 Å². The molecule has 4 N–H and O–H groups in total. The molecule has 2 rings (SSSR count). The van der Waals surface area contributed by atoms with Crippen molar-refractivity contribution in [2.75, 3.05) is 0 Å². The highest BCUT2D eigenvalue weighted by molar-refractivity contribution is 5.93. The molecule has 0 spiro atoms. The molecule has 0 unspecified atom stereocenters. The molecule has 1 amide bonds. The van der Waals surface area contributed by atoms with Gasteiger partial charge in [-0.15, -0.1) is 0 Å². The van der Waals surface area contributed by atoms with Gasteiger partial charge in [0.05, 0.1) is 11.3 Å². The predicted octanol–water partition coefficient (Wildman–Crippen LogP) is 2.23. The number of carbonyl (C=O) groups is 1. The predicted molar refractivity (Wildman–Crippen MR) is 86.5 cm³/mol. The molecule has 0 saturated carbocycles. The Morgan fingerprint density at radius 3 is 2.68 bits per heavy atom. The Morgan fingerprint density at radius 2 is 1.95 bits per heavy atom. The van der Waals surface area contributed by atoms with E-state index in [2.05, 4.69) is 15.3 Å². The number of amides is 1. The maximum Gasteiger partial charge on any atom is 0.253 e. The zero-order valence-corrected chi connectivity index (χ0v) is 12.5. The van der Waals surface area contributed by atoms with Crippen LogP contribution in [0.3, 0.4) is 0 Å². The minimum Gasteiger partial charge on any atom is -0.365 e. The molecule has 5 heteroatoms. The Morgan fingerprint density at radius 1 is 1.18 bits per heavy atom. The number of hydrogen-bond donors (Lipinski definition) is 3. The Hall–Kier alpha value is -2.66. The third kappa shape index (κ3) is 4.71. The summed E-state index contributed by atoms with van der Waals surface area (Å²) >= 11 is 0. The maximum absolute atomic E-state index is 12.3. The van der Waals surface area contributed by atoms with E-state index in [0.29, 0.717) is 18.7 Å². The van der Waals surface area contributed by atoms with Crippen LogP contribution < -0.4 is 11.1 Å². The Labute approximate surface area is 129 Å². The number of nitrogens with two attached hydrogens (primary N) is 1. The molecule has 0 bridgehead atoms. The lowest BCUT2D eigenvalue weighted by Gasteiger charge is -2.04. The van der Waals surface area contributed by atoms with E-state index in [-0.39, 0.29) is 5.91 Å². The molecule has 1 heterocycles. The first-order valence-corrected chi connectivity index (χ1v) is 7.10. The van der Waals surface area contributed by atoms with Gasteiger partial charge >= 0.3 is 0 Å². The minimum absolute atomic E-state index is 0.148. The van der Waals surface area contributed by atoms with E-state index in [1.165, 1.54) is 0 Å². The molecular formula is C17H20N4O. The number of benzene rings is 1. The van der Waals surface area contributed by atoms with Crippen LogP contribution in [-0.4, -0.2) is 15.9 Å². The largest absolute Gasteiger partial charge is 0.365 e. The van der Waals surface area contributed by atoms with Crippen molar-refractivity contribution in [2.24, 2.45) is 5.73 Å². The van der Waals surface area contributed by atoms with Crippen LogP contribution in [0.25, 0.3) is 0 Å². The number of rotatable bonds is 4. The fourth-order valence-electron chi connectivity index (χ4n) is 1.91. The maximum atomic E-state index is 12.3. The summed E-state index contributed by atoms with van der Waals surface area (Å²) in [4.78, 5) is 19.5. The quantitative estimate of drug-likeness (QED) is 0.809. The summed E-state index contributed by atoms with van der Waals surface area (Å²) in [6.07, 6.45) is 3.33. The first-order valence-electron chi connectivity index (χ1n) is 7.10. The lowest BCUT2D eigenvalue weighted by molar-refractivity contribution is 0.0950. The Kier molecular flexibility index (Phi) is 5.68. The van der Waals surface area contributed by atoms with E-state index in [1.54, 1.807) is 24.5 Å². The highest BCUT2D eigenvalue weighted by Gasteiger charge is 2.03. The zero-order chi connectivity index (χ0) is 15.8. The van der Waals surface area contributed by atoms with Gasteiger partial charge in [0, 0.05) is 31.2 Å². The van der Waals surface area contributed by atoms with Crippen molar-refractivity contribution < 1.29 is 4.79 Å². The molecule has 114 valence electrons. The fourth-order valence-corrected chi connectivity index (χ4v) is 1.91. The average molecular weight is 296 g/mol. The van der Waals surface area contributed by atoms with Crippen LogP contribution in [0.1, 0.15) is 27.3 Å². The van der Waals surface area contributed by atoms with Crippen LogP contribution >= 0.6 is 0 Å². The number of nitrogens with one attached hydrogen (secondary N) is 2. The molecular weight excluding hydrogens is 276 g/mol. The molecule has 0 aliphatic carbocycles. The smallest absolute Gasteiger partial charge is 0.253 e. The van der Waals surface area contributed by atoms with E-state index in [1.807, 2.05) is 37.3 Å². The van der Waals surface area contributed by atoms with Crippen LogP contribution in [0.5, 0.6) is 0 Å². The number of hydrogen-bond acceptors (Lipinski definition) is 3. The van der Waals surface area contributed by atoms with Crippen molar-refractivity contribution >= 4 is 5.91 Å². The first-order chi connectivity index (χ1) is 10.7. The number of H-pyrrole nitrogens is 1. The molecule has 0 aliphatic rings. The summed E-state index contributed by atoms with van der Waals surface area (Å²) < 4.78 is 0. The Bertz CT molecular complexity index is 678. The lowest BCUT2D eigenvalue weighted by atomic mass is 10.2. The second-order valence-electron chi connectivity index (χ2n) is 4.86. The highest BCUT2D eigenvalue weighted by Crippen LogP contribution is 2.01. The minimum atomic E-state index is -0.148. The van der Waals surface area contributed by atoms with Crippen LogP contribution in [0, 0.1) is 6.92 Å². The van der Waals surface area contributed by atoms with Crippen LogP contribution in [0.4, 0.5) is 0 Å². The van der Waals surface area contributed by atoms with E-state index in [0.717, 1.165) is 17.0 Å². The molecule has 5 nitrogen and oxygen atoms in total. The van der Waals surface area contributed by atoms with Gasteiger partial charge in [0.2, 0.25) is 0 Å². The molecule has 1 aromatic heterocycles. The third-order valence-corrected chi connectivity index (χ3v) is 3.08. The summed E-state index contributed by atoms with van der Waals surface area (Å²) in [5, 5.41) is 2.89. The van der Waals surface area contributed by atoms with Crippen LogP contribution in [-0.2, 0) is 13.1 Å². The van der Waals surface area contributed by atoms with Crippen molar-refractivity contribution in [3.8, 4) is 0 Å². The summed E-state index contributed by atoms with van der Waals surface area (Å²) in [5.74, 6) is -0.148. The van der Waals surface area contributed by atoms with E-state index >= 15 is 0 Å². The number of aromatic amines is 1. The second-order valence-corrected chi connectivity index (χ2v) is 4.86. The molecule has 0 radical (unpaired) electrons. The molecule has 22 heavy (non-hydrogen) atoms. The van der Waals surface area contributed by atoms with Gasteiger partial charge in [-0.25, -0.2) is 0 Å². The van der Waals surface area contributed by atoms with E-state index < -0.39 is 0 Å². The topological polar surface area (TPSA) is 83.8 Å². The molecule has 0 aliphatic heterocycles. The zero-order valence-electron chi connectivity index (χ0n) is 12.5. The number of nitrogens with zero attached hydrogens (tertiary/aromatic N) is 1. The van der Waals surface area contributed by atoms with Crippen LogP contribution in [0.2, 0.25) is 0 Å².